The molecule has 29 heavy (non-hydrogen) atoms. The highest BCUT2D eigenvalue weighted by molar-refractivity contribution is 7.90. The van der Waals surface area contributed by atoms with Gasteiger partial charge < -0.3 is 15.2 Å². The van der Waals surface area contributed by atoms with Crippen LogP contribution in [0.2, 0.25) is 10.0 Å². The van der Waals surface area contributed by atoms with E-state index in [9.17, 15) is 18.0 Å². The summed E-state index contributed by atoms with van der Waals surface area (Å²) in [5.41, 5.74) is 1.47. The average molecular weight is 455 g/mol. The Labute approximate surface area is 176 Å². The fourth-order valence-electron chi connectivity index (χ4n) is 2.71. The van der Waals surface area contributed by atoms with Crippen LogP contribution in [0.3, 0.4) is 0 Å². The third-order valence-corrected chi connectivity index (χ3v) is 6.39. The molecule has 0 saturated heterocycles. The Morgan fingerprint density at radius 1 is 1.03 bits per heavy atom. The summed E-state index contributed by atoms with van der Waals surface area (Å²) in [6.45, 7) is 0. The van der Waals surface area contributed by atoms with Gasteiger partial charge in [0.25, 0.3) is 15.9 Å². The fraction of sp³-hybridized carbons (Fsp3) is 0.111. The van der Waals surface area contributed by atoms with Gasteiger partial charge in [-0.15, -0.1) is 0 Å². The van der Waals surface area contributed by atoms with Gasteiger partial charge in [0.2, 0.25) is 0 Å². The molecule has 3 amide bonds. The molecule has 3 aromatic rings. The summed E-state index contributed by atoms with van der Waals surface area (Å²) in [6.07, 6.45) is 0. The molecular weight excluding hydrogens is 439 g/mol. The number of nitrogens with one attached hydrogen (secondary N) is 3. The molecule has 0 aliphatic heterocycles. The molecule has 0 bridgehead atoms. The summed E-state index contributed by atoms with van der Waals surface area (Å²) in [6, 6.07) is 9.59. The fourth-order valence-corrected chi connectivity index (χ4v) is 4.05. The van der Waals surface area contributed by atoms with E-state index in [0.717, 1.165) is 5.52 Å². The maximum Gasteiger partial charge on any atom is 0.328 e. The average Bonchev–Trinajstić information content (AvgIpc) is 3.02. The third kappa shape index (κ3) is 4.16. The number of sulfonamides is 1. The molecule has 0 aliphatic rings. The molecule has 3 rings (SSSR count). The van der Waals surface area contributed by atoms with Crippen LogP contribution >= 0.6 is 23.2 Å². The molecule has 0 fully saturated rings. The quantitative estimate of drug-likeness (QED) is 0.561. The van der Waals surface area contributed by atoms with Gasteiger partial charge in [0.15, 0.2) is 0 Å². The van der Waals surface area contributed by atoms with Crippen molar-refractivity contribution in [3.63, 3.8) is 0 Å². The van der Waals surface area contributed by atoms with Crippen molar-refractivity contribution in [1.29, 1.82) is 0 Å². The number of rotatable bonds is 4. The number of urea groups is 1. The van der Waals surface area contributed by atoms with Gasteiger partial charge in [0, 0.05) is 30.7 Å². The van der Waals surface area contributed by atoms with E-state index in [0.29, 0.717) is 26.8 Å². The van der Waals surface area contributed by atoms with Crippen LogP contribution in [0.4, 0.5) is 10.5 Å². The van der Waals surface area contributed by atoms with E-state index in [1.54, 1.807) is 29.8 Å². The summed E-state index contributed by atoms with van der Waals surface area (Å²) in [7, 11) is -0.981. The van der Waals surface area contributed by atoms with E-state index in [1.165, 1.54) is 31.3 Å². The molecule has 0 radical (unpaired) electrons. The first kappa shape index (κ1) is 21.0. The van der Waals surface area contributed by atoms with Crippen LogP contribution in [-0.4, -0.2) is 32.0 Å². The van der Waals surface area contributed by atoms with Crippen LogP contribution in [0, 0.1) is 0 Å². The Bertz CT molecular complexity index is 1220. The largest absolute Gasteiger partial charge is 0.340 e. The Hall–Kier alpha value is -2.75. The van der Waals surface area contributed by atoms with E-state index >= 15 is 0 Å². The van der Waals surface area contributed by atoms with Crippen molar-refractivity contribution < 1.29 is 18.0 Å². The lowest BCUT2D eigenvalue weighted by Crippen LogP contribution is -2.37. The number of benzene rings is 2. The van der Waals surface area contributed by atoms with Crippen LogP contribution in [0.25, 0.3) is 10.9 Å². The van der Waals surface area contributed by atoms with E-state index < -0.39 is 22.0 Å². The van der Waals surface area contributed by atoms with Crippen molar-refractivity contribution in [2.45, 2.75) is 4.90 Å². The first-order valence-corrected chi connectivity index (χ1v) is 10.5. The number of fused-ring (bicyclic) bond motifs is 1. The van der Waals surface area contributed by atoms with Crippen LogP contribution in [0.15, 0.2) is 47.4 Å². The molecule has 152 valence electrons. The van der Waals surface area contributed by atoms with Gasteiger partial charge in [0.1, 0.15) is 5.69 Å². The van der Waals surface area contributed by atoms with Gasteiger partial charge in [0.05, 0.1) is 14.9 Å². The van der Waals surface area contributed by atoms with Crippen molar-refractivity contribution in [2.75, 3.05) is 12.4 Å². The minimum absolute atomic E-state index is 0.120. The van der Waals surface area contributed by atoms with Crippen molar-refractivity contribution >= 4 is 61.8 Å². The summed E-state index contributed by atoms with van der Waals surface area (Å²) in [4.78, 5) is 23.8. The topological polar surface area (TPSA) is 109 Å². The Morgan fingerprint density at radius 2 is 1.69 bits per heavy atom. The predicted octanol–water partition coefficient (Wildman–Crippen LogP) is 3.36. The number of aromatic nitrogens is 1. The standard InChI is InChI=1S/C18H16Cl2N4O4S/c1-21-18(26)23-29(27,28)11-5-3-10(4-6-11)22-17(25)15-9-12-14(24(15)2)8-7-13(19)16(12)20/h3-9H,1-2H3,(H,22,25)(H2,21,23,26). The second-order valence-electron chi connectivity index (χ2n) is 6.05. The number of halogens is 2. The number of hydrogen-bond acceptors (Lipinski definition) is 4. The van der Waals surface area contributed by atoms with Crippen LogP contribution in [0.5, 0.6) is 0 Å². The van der Waals surface area contributed by atoms with Gasteiger partial charge in [-0.1, -0.05) is 23.2 Å². The normalized spacial score (nSPS) is 11.3. The molecule has 0 atom stereocenters. The summed E-state index contributed by atoms with van der Waals surface area (Å²) in [5, 5.41) is 6.25. The number of carbonyl (C=O) groups is 2. The second-order valence-corrected chi connectivity index (χ2v) is 8.51. The Kier molecular flexibility index (Phi) is 5.74. The zero-order valence-corrected chi connectivity index (χ0v) is 17.6. The first-order chi connectivity index (χ1) is 13.6. The van der Waals surface area contributed by atoms with Crippen molar-refractivity contribution in [1.82, 2.24) is 14.6 Å². The van der Waals surface area contributed by atoms with Gasteiger partial charge >= 0.3 is 6.03 Å². The predicted molar refractivity (Wildman–Crippen MR) is 112 cm³/mol. The summed E-state index contributed by atoms with van der Waals surface area (Å²) in [5.74, 6) is -0.407. The molecule has 0 saturated carbocycles. The zero-order valence-electron chi connectivity index (χ0n) is 15.3. The molecule has 1 aromatic heterocycles. The number of aryl methyl sites for hydroxylation is 1. The Morgan fingerprint density at radius 3 is 2.31 bits per heavy atom. The highest BCUT2D eigenvalue weighted by atomic mass is 35.5. The number of amides is 3. The van der Waals surface area contributed by atoms with Crippen LogP contribution in [-0.2, 0) is 17.1 Å². The molecular formula is C18H16Cl2N4O4S. The van der Waals surface area contributed by atoms with Crippen molar-refractivity contribution in [3.8, 4) is 0 Å². The lowest BCUT2D eigenvalue weighted by atomic mass is 10.2. The third-order valence-electron chi connectivity index (χ3n) is 4.22. The van der Waals surface area contributed by atoms with Crippen molar-refractivity contribution in [3.05, 3.63) is 58.2 Å². The maximum absolute atomic E-state index is 12.7. The number of anilines is 1. The highest BCUT2D eigenvalue weighted by Crippen LogP contribution is 2.32. The number of carbonyl (C=O) groups excluding carboxylic acids is 2. The summed E-state index contributed by atoms with van der Waals surface area (Å²) >= 11 is 12.2. The van der Waals surface area contributed by atoms with Crippen LogP contribution < -0.4 is 15.4 Å². The van der Waals surface area contributed by atoms with Gasteiger partial charge in [-0.25, -0.2) is 17.9 Å². The lowest BCUT2D eigenvalue weighted by Gasteiger charge is -2.09. The number of nitrogens with zero attached hydrogens (tertiary/aromatic N) is 1. The molecule has 8 nitrogen and oxygen atoms in total. The monoisotopic (exact) mass is 454 g/mol. The lowest BCUT2D eigenvalue weighted by molar-refractivity contribution is 0.101. The van der Waals surface area contributed by atoms with E-state index in [4.69, 9.17) is 23.2 Å². The highest BCUT2D eigenvalue weighted by Gasteiger charge is 2.18. The minimum atomic E-state index is -4.01. The number of hydrogen-bond donors (Lipinski definition) is 3. The van der Waals surface area contributed by atoms with Gasteiger partial charge in [-0.2, -0.15) is 0 Å². The van der Waals surface area contributed by atoms with E-state index in [-0.39, 0.29) is 4.90 Å². The second kappa shape index (κ2) is 7.94. The molecule has 1 heterocycles. The molecule has 0 aliphatic carbocycles. The molecule has 11 heteroatoms. The smallest absolute Gasteiger partial charge is 0.328 e. The maximum atomic E-state index is 12.7. The zero-order chi connectivity index (χ0) is 21.3. The summed E-state index contributed by atoms with van der Waals surface area (Å²) < 4.78 is 27.7. The van der Waals surface area contributed by atoms with Crippen LogP contribution in [0.1, 0.15) is 10.5 Å². The SMILES string of the molecule is CNC(=O)NS(=O)(=O)c1ccc(NC(=O)c2cc3c(Cl)c(Cl)ccc3n2C)cc1. The molecule has 0 unspecified atom stereocenters. The van der Waals surface area contributed by atoms with E-state index in [2.05, 4.69) is 10.6 Å². The Balaban J connectivity index is 1.83. The molecule has 2 aromatic carbocycles. The van der Waals surface area contributed by atoms with Gasteiger partial charge in [-0.05, 0) is 42.5 Å². The minimum Gasteiger partial charge on any atom is -0.340 e. The molecule has 3 N–H and O–H groups in total. The first-order valence-electron chi connectivity index (χ1n) is 8.23. The molecule has 0 spiro atoms. The van der Waals surface area contributed by atoms with Gasteiger partial charge in [-0.3, -0.25) is 4.79 Å². The van der Waals surface area contributed by atoms with E-state index in [1.807, 2.05) is 4.72 Å². The van der Waals surface area contributed by atoms with Crippen molar-refractivity contribution in [2.24, 2.45) is 7.05 Å².